The third-order valence-corrected chi connectivity index (χ3v) is 8.74. The summed E-state index contributed by atoms with van der Waals surface area (Å²) < 4.78 is 0. The molecule has 1 aromatic heterocycles. The Bertz CT molecular complexity index is 2170. The van der Waals surface area contributed by atoms with E-state index in [1.54, 1.807) is 0 Å². The fraction of sp³-hybridized carbons (Fsp3) is 0. The lowest BCUT2D eigenvalue weighted by molar-refractivity contribution is 1.18. The van der Waals surface area contributed by atoms with E-state index in [-0.39, 0.29) is 0 Å². The molecule has 0 unspecified atom stereocenters. The summed E-state index contributed by atoms with van der Waals surface area (Å²) in [6, 6.07) is 66.5. The minimum atomic E-state index is 0.728. The second kappa shape index (κ2) is 13.2. The summed E-state index contributed by atoms with van der Waals surface area (Å²) in [5.41, 5.74) is 14.9. The van der Waals surface area contributed by atoms with Gasteiger partial charge in [0.05, 0.1) is 5.69 Å². The van der Waals surface area contributed by atoms with E-state index in [2.05, 4.69) is 157 Å². The highest BCUT2D eigenvalue weighted by atomic mass is 14.9. The van der Waals surface area contributed by atoms with Crippen molar-refractivity contribution >= 4 is 0 Å². The molecule has 0 amide bonds. The van der Waals surface area contributed by atoms with Crippen LogP contribution in [0.5, 0.6) is 0 Å². The smallest absolute Gasteiger partial charge is 0.159 e. The maximum Gasteiger partial charge on any atom is 0.159 e. The first-order valence-corrected chi connectivity index (χ1v) is 16.2. The van der Waals surface area contributed by atoms with E-state index in [1.807, 2.05) is 42.6 Å². The lowest BCUT2D eigenvalue weighted by atomic mass is 9.94. The van der Waals surface area contributed by atoms with Gasteiger partial charge >= 0.3 is 0 Å². The largest absolute Gasteiger partial charge is 0.237 e. The zero-order chi connectivity index (χ0) is 32.1. The van der Waals surface area contributed by atoms with Gasteiger partial charge in [-0.25, -0.2) is 9.97 Å². The number of aromatic nitrogens is 2. The molecule has 0 saturated carbocycles. The minimum Gasteiger partial charge on any atom is -0.237 e. The molecule has 8 rings (SSSR count). The van der Waals surface area contributed by atoms with Crippen molar-refractivity contribution in [2.24, 2.45) is 0 Å². The molecule has 0 aliphatic heterocycles. The molecule has 48 heavy (non-hydrogen) atoms. The number of hydrogen-bond donors (Lipinski definition) is 0. The minimum absolute atomic E-state index is 0.728. The van der Waals surface area contributed by atoms with Gasteiger partial charge < -0.3 is 0 Å². The molecule has 0 aliphatic rings. The van der Waals surface area contributed by atoms with Crippen molar-refractivity contribution < 1.29 is 0 Å². The van der Waals surface area contributed by atoms with Crippen LogP contribution in [0.1, 0.15) is 0 Å². The molecule has 0 bridgehead atoms. The zero-order valence-corrected chi connectivity index (χ0v) is 26.4. The average molecular weight is 613 g/mol. The highest BCUT2D eigenvalue weighted by Crippen LogP contribution is 2.34. The molecular formula is C46H32N2. The number of hydrogen-bond acceptors (Lipinski definition) is 2. The van der Waals surface area contributed by atoms with Gasteiger partial charge in [-0.2, -0.15) is 0 Å². The number of nitrogens with zero attached hydrogens (tertiary/aromatic N) is 2. The molecule has 0 fully saturated rings. The van der Waals surface area contributed by atoms with Gasteiger partial charge in [-0.15, -0.1) is 0 Å². The average Bonchev–Trinajstić information content (AvgIpc) is 3.19. The Morgan fingerprint density at radius 3 is 0.979 bits per heavy atom. The van der Waals surface area contributed by atoms with Crippen LogP contribution < -0.4 is 0 Å². The zero-order valence-electron chi connectivity index (χ0n) is 26.4. The Labute approximate surface area is 281 Å². The fourth-order valence-electron chi connectivity index (χ4n) is 6.25. The van der Waals surface area contributed by atoms with Crippen LogP contribution in [0, 0.1) is 0 Å². The molecule has 0 spiro atoms. The number of rotatable bonds is 7. The van der Waals surface area contributed by atoms with Crippen molar-refractivity contribution in [1.29, 1.82) is 0 Å². The summed E-state index contributed by atoms with van der Waals surface area (Å²) in [6.07, 6.45) is 1.84. The lowest BCUT2D eigenvalue weighted by Gasteiger charge is -2.11. The van der Waals surface area contributed by atoms with Crippen LogP contribution in [0.25, 0.3) is 78.3 Å². The summed E-state index contributed by atoms with van der Waals surface area (Å²) in [4.78, 5) is 9.40. The molecule has 1 heterocycles. The van der Waals surface area contributed by atoms with E-state index in [0.717, 1.165) is 33.8 Å². The van der Waals surface area contributed by atoms with Gasteiger partial charge in [0.25, 0.3) is 0 Å². The Balaban J connectivity index is 1.08. The first-order chi connectivity index (χ1) is 23.8. The van der Waals surface area contributed by atoms with Crippen molar-refractivity contribution in [2.45, 2.75) is 0 Å². The van der Waals surface area contributed by atoms with E-state index in [0.29, 0.717) is 0 Å². The monoisotopic (exact) mass is 612 g/mol. The normalized spacial score (nSPS) is 10.9. The van der Waals surface area contributed by atoms with Crippen molar-refractivity contribution in [3.63, 3.8) is 0 Å². The van der Waals surface area contributed by atoms with Gasteiger partial charge in [-0.1, -0.05) is 152 Å². The maximum atomic E-state index is 4.88. The van der Waals surface area contributed by atoms with Gasteiger partial charge in [0.2, 0.25) is 0 Å². The molecule has 0 aliphatic carbocycles. The van der Waals surface area contributed by atoms with Crippen LogP contribution in [-0.4, -0.2) is 9.97 Å². The third-order valence-electron chi connectivity index (χ3n) is 8.74. The fourth-order valence-corrected chi connectivity index (χ4v) is 6.25. The first kappa shape index (κ1) is 29.1. The molecule has 0 atom stereocenters. The standard InChI is InChI=1S/C46H32N2/c1-3-12-33(13-4-1)35-16-7-17-36(28-35)37-18-8-19-38(29-37)39-20-9-21-40(30-39)41-22-10-23-42(31-41)43-24-11-25-44(32-43)45-26-27-47-46(48-45)34-14-5-2-6-15-34/h1-32H. The second-order valence-electron chi connectivity index (χ2n) is 11.9. The van der Waals surface area contributed by atoms with Crippen molar-refractivity contribution in [3.8, 4) is 78.3 Å². The van der Waals surface area contributed by atoms with Crippen LogP contribution in [0.3, 0.4) is 0 Å². The molecule has 0 saturated heterocycles. The van der Waals surface area contributed by atoms with E-state index in [4.69, 9.17) is 4.98 Å². The molecule has 2 heteroatoms. The summed E-state index contributed by atoms with van der Waals surface area (Å²) in [6.45, 7) is 0. The first-order valence-electron chi connectivity index (χ1n) is 16.2. The summed E-state index contributed by atoms with van der Waals surface area (Å²) in [7, 11) is 0. The van der Waals surface area contributed by atoms with Gasteiger partial charge in [0, 0.05) is 17.3 Å². The van der Waals surface area contributed by atoms with E-state index in [9.17, 15) is 0 Å². The topological polar surface area (TPSA) is 25.8 Å². The second-order valence-corrected chi connectivity index (χ2v) is 11.9. The molecular weight excluding hydrogens is 581 g/mol. The predicted molar refractivity (Wildman–Crippen MR) is 200 cm³/mol. The highest BCUT2D eigenvalue weighted by Gasteiger charge is 2.09. The highest BCUT2D eigenvalue weighted by molar-refractivity contribution is 5.81. The van der Waals surface area contributed by atoms with Gasteiger partial charge in [-0.05, 0) is 92.0 Å². The van der Waals surface area contributed by atoms with Gasteiger partial charge in [0.1, 0.15) is 0 Å². The lowest BCUT2D eigenvalue weighted by Crippen LogP contribution is -1.91. The molecule has 0 radical (unpaired) electrons. The SMILES string of the molecule is c1ccc(-c2cccc(-c3cccc(-c4cccc(-c5cccc(-c6cccc(-c7ccnc(-c8ccccc8)n7)c6)c5)c4)c3)c2)cc1. The molecule has 7 aromatic carbocycles. The predicted octanol–water partition coefficient (Wildman–Crippen LogP) is 12.1. The van der Waals surface area contributed by atoms with Crippen molar-refractivity contribution in [2.75, 3.05) is 0 Å². The van der Waals surface area contributed by atoms with Crippen LogP contribution in [0.2, 0.25) is 0 Å². The molecule has 8 aromatic rings. The maximum absolute atomic E-state index is 4.88. The molecule has 226 valence electrons. The van der Waals surface area contributed by atoms with E-state index >= 15 is 0 Å². The van der Waals surface area contributed by atoms with Crippen LogP contribution in [0.15, 0.2) is 194 Å². The Kier molecular flexibility index (Phi) is 7.96. The quantitative estimate of drug-likeness (QED) is 0.179. The van der Waals surface area contributed by atoms with Crippen LogP contribution in [-0.2, 0) is 0 Å². The summed E-state index contributed by atoms with van der Waals surface area (Å²) in [5.74, 6) is 0.728. The van der Waals surface area contributed by atoms with E-state index < -0.39 is 0 Å². The molecule has 2 nitrogen and oxygen atoms in total. The molecule has 0 N–H and O–H groups in total. The van der Waals surface area contributed by atoms with Crippen molar-refractivity contribution in [1.82, 2.24) is 9.97 Å². The summed E-state index contributed by atoms with van der Waals surface area (Å²) >= 11 is 0. The Hall–Kier alpha value is -6.38. The van der Waals surface area contributed by atoms with Crippen molar-refractivity contribution in [3.05, 3.63) is 194 Å². The van der Waals surface area contributed by atoms with Gasteiger partial charge in [0.15, 0.2) is 5.82 Å². The van der Waals surface area contributed by atoms with Gasteiger partial charge in [-0.3, -0.25) is 0 Å². The van der Waals surface area contributed by atoms with E-state index in [1.165, 1.54) is 44.5 Å². The Morgan fingerprint density at radius 2 is 0.562 bits per heavy atom. The number of benzene rings is 7. The summed E-state index contributed by atoms with van der Waals surface area (Å²) in [5, 5.41) is 0. The van der Waals surface area contributed by atoms with Crippen LogP contribution in [0.4, 0.5) is 0 Å². The third kappa shape index (κ3) is 6.20. The van der Waals surface area contributed by atoms with Crippen LogP contribution >= 0.6 is 0 Å². The Morgan fingerprint density at radius 1 is 0.250 bits per heavy atom.